The molecule has 0 atom stereocenters. The Morgan fingerprint density at radius 1 is 0.241 bits per heavy atom. The van der Waals surface area contributed by atoms with Gasteiger partial charge in [-0.25, -0.2) is 0 Å². The van der Waals surface area contributed by atoms with Crippen LogP contribution in [0.1, 0.15) is 130 Å². The molecule has 0 N–H and O–H groups in total. The molecule has 0 radical (unpaired) electrons. The van der Waals surface area contributed by atoms with Crippen LogP contribution in [0.15, 0.2) is 121 Å². The summed E-state index contributed by atoms with van der Waals surface area (Å²) >= 11 is 0. The fraction of sp³-hybridized carbons (Fsp3) is 0.333. The van der Waals surface area contributed by atoms with Crippen LogP contribution in [0.4, 0.5) is 0 Å². The van der Waals surface area contributed by atoms with Gasteiger partial charge in [0, 0.05) is 16.2 Å². The predicted octanol–water partition coefficient (Wildman–Crippen LogP) is 14.7. The minimum absolute atomic E-state index is 0.101. The minimum atomic E-state index is 0.101. The third-order valence-electron chi connectivity index (χ3n) is 15.7. The van der Waals surface area contributed by atoms with Crippen LogP contribution in [0, 0.1) is 0 Å². The van der Waals surface area contributed by atoms with E-state index in [1.54, 1.807) is 33.4 Å². The van der Waals surface area contributed by atoms with Crippen molar-refractivity contribution in [3.8, 4) is 55.6 Å². The molecule has 0 aliphatic heterocycles. The van der Waals surface area contributed by atoms with Gasteiger partial charge in [-0.1, -0.05) is 155 Å². The van der Waals surface area contributed by atoms with Crippen molar-refractivity contribution in [2.24, 2.45) is 0 Å². The molecular formula is C54H50. The van der Waals surface area contributed by atoms with Gasteiger partial charge in [-0.05, 0) is 152 Å². The van der Waals surface area contributed by atoms with Crippen LogP contribution in [0.2, 0.25) is 0 Å². The predicted molar refractivity (Wildman–Crippen MR) is 225 cm³/mol. The van der Waals surface area contributed by atoms with Crippen LogP contribution in [0.25, 0.3) is 55.6 Å². The first-order valence-electron chi connectivity index (χ1n) is 21.5. The maximum Gasteiger partial charge on any atom is 0.0215 e. The van der Waals surface area contributed by atoms with Crippen LogP contribution in [0.5, 0.6) is 0 Å². The van der Waals surface area contributed by atoms with Gasteiger partial charge in [0.25, 0.3) is 0 Å². The summed E-state index contributed by atoms with van der Waals surface area (Å²) in [6.45, 7) is 0. The summed E-state index contributed by atoms with van der Waals surface area (Å²) < 4.78 is 0. The average Bonchev–Trinajstić information content (AvgIpc) is 3.77. The molecule has 0 nitrogen and oxygen atoms in total. The molecule has 0 saturated heterocycles. The van der Waals surface area contributed by atoms with E-state index in [0.717, 1.165) is 0 Å². The molecule has 6 aromatic rings. The van der Waals surface area contributed by atoms with E-state index in [0.29, 0.717) is 0 Å². The third-order valence-corrected chi connectivity index (χ3v) is 15.7. The molecule has 3 fully saturated rings. The van der Waals surface area contributed by atoms with E-state index in [2.05, 4.69) is 121 Å². The quantitative estimate of drug-likeness (QED) is 0.169. The molecule has 266 valence electrons. The molecule has 0 unspecified atom stereocenters. The molecule has 0 bridgehead atoms. The highest BCUT2D eigenvalue weighted by Gasteiger charge is 2.47. The second kappa shape index (κ2) is 11.7. The van der Waals surface area contributed by atoms with E-state index >= 15 is 0 Å². The lowest BCUT2D eigenvalue weighted by molar-refractivity contribution is 0.352. The van der Waals surface area contributed by atoms with Gasteiger partial charge in [-0.15, -0.1) is 0 Å². The van der Waals surface area contributed by atoms with Crippen molar-refractivity contribution in [2.75, 3.05) is 0 Å². The Bertz CT molecular complexity index is 2320. The molecule has 0 amide bonds. The van der Waals surface area contributed by atoms with Crippen molar-refractivity contribution in [3.05, 3.63) is 155 Å². The van der Waals surface area contributed by atoms with Crippen molar-refractivity contribution in [1.82, 2.24) is 0 Å². The Morgan fingerprint density at radius 3 is 0.815 bits per heavy atom. The summed E-state index contributed by atoms with van der Waals surface area (Å²) in [6.07, 6.45) is 19.7. The first kappa shape index (κ1) is 31.6. The van der Waals surface area contributed by atoms with Crippen LogP contribution < -0.4 is 0 Å². The van der Waals surface area contributed by atoms with E-state index in [1.165, 1.54) is 152 Å². The SMILES string of the molecule is c1ccc2c(c1)-c1ccc(-c3ccc4c(c3)C3(CCCCC3)c3cc(-c5ccc6c(c5)C5(CCCCC5)c5ccccc5-6)ccc3-4)cc1C21CCCCC1. The summed E-state index contributed by atoms with van der Waals surface area (Å²) in [5.41, 5.74) is 24.5. The van der Waals surface area contributed by atoms with Gasteiger partial charge in [-0.3, -0.25) is 0 Å². The van der Waals surface area contributed by atoms with Crippen molar-refractivity contribution >= 4 is 0 Å². The highest BCUT2D eigenvalue weighted by Crippen LogP contribution is 2.60. The van der Waals surface area contributed by atoms with Crippen LogP contribution in [-0.2, 0) is 16.2 Å². The zero-order valence-electron chi connectivity index (χ0n) is 31.7. The summed E-state index contributed by atoms with van der Waals surface area (Å²) in [6, 6.07) is 48.8. The molecule has 12 rings (SSSR count). The zero-order valence-corrected chi connectivity index (χ0v) is 31.7. The van der Waals surface area contributed by atoms with Crippen molar-refractivity contribution in [1.29, 1.82) is 0 Å². The molecule has 6 aliphatic carbocycles. The maximum absolute atomic E-state index is 2.64. The number of hydrogen-bond donors (Lipinski definition) is 0. The van der Waals surface area contributed by atoms with E-state index < -0.39 is 0 Å². The van der Waals surface area contributed by atoms with Crippen molar-refractivity contribution in [2.45, 2.75) is 113 Å². The van der Waals surface area contributed by atoms with Gasteiger partial charge in [0.15, 0.2) is 0 Å². The number of rotatable bonds is 2. The normalized spacial score (nSPS) is 20.3. The number of fused-ring (bicyclic) bond motifs is 15. The fourth-order valence-corrected chi connectivity index (χ4v) is 13.2. The van der Waals surface area contributed by atoms with E-state index in [-0.39, 0.29) is 16.2 Å². The van der Waals surface area contributed by atoms with E-state index in [4.69, 9.17) is 0 Å². The van der Waals surface area contributed by atoms with Crippen molar-refractivity contribution in [3.63, 3.8) is 0 Å². The Kier molecular flexibility index (Phi) is 6.84. The lowest BCUT2D eigenvalue weighted by Crippen LogP contribution is -2.28. The molecule has 0 aromatic heterocycles. The number of hydrogen-bond acceptors (Lipinski definition) is 0. The van der Waals surface area contributed by atoms with Crippen LogP contribution in [-0.4, -0.2) is 0 Å². The highest BCUT2D eigenvalue weighted by atomic mass is 14.5. The van der Waals surface area contributed by atoms with E-state index in [1.807, 2.05) is 0 Å². The monoisotopic (exact) mass is 698 g/mol. The lowest BCUT2D eigenvalue weighted by atomic mass is 9.66. The van der Waals surface area contributed by atoms with Crippen molar-refractivity contribution < 1.29 is 0 Å². The van der Waals surface area contributed by atoms with Crippen LogP contribution in [0.3, 0.4) is 0 Å². The maximum atomic E-state index is 2.64. The molecule has 6 aliphatic rings. The first-order chi connectivity index (χ1) is 26.7. The molecular weight excluding hydrogens is 649 g/mol. The molecule has 3 spiro atoms. The molecule has 0 heterocycles. The topological polar surface area (TPSA) is 0 Å². The summed E-state index contributed by atoms with van der Waals surface area (Å²) in [5, 5.41) is 0. The average molecular weight is 699 g/mol. The lowest BCUT2D eigenvalue weighted by Gasteiger charge is -2.37. The van der Waals surface area contributed by atoms with Gasteiger partial charge < -0.3 is 0 Å². The summed E-state index contributed by atoms with van der Waals surface area (Å²) in [4.78, 5) is 0. The fourth-order valence-electron chi connectivity index (χ4n) is 13.2. The van der Waals surface area contributed by atoms with Gasteiger partial charge >= 0.3 is 0 Å². The van der Waals surface area contributed by atoms with Crippen LogP contribution >= 0.6 is 0 Å². The Labute approximate surface area is 321 Å². The standard InChI is InChI=1S/C54H50/c1-8-26-52(27-9-1)46-16-6-4-14-40(46)42-22-18-36(32-48(42)52)38-20-24-44-45-25-21-39(35-51(45)54(50(44)34-38)30-12-3-13-31-54)37-19-23-43-41-15-5-7-17-47(41)53(49(43)33-37)28-10-2-11-29-53/h4-7,14-25,32-35H,1-3,8-13,26-31H2. The Balaban J connectivity index is 0.958. The second-order valence-corrected chi connectivity index (χ2v) is 18.1. The highest BCUT2D eigenvalue weighted by molar-refractivity contribution is 5.89. The Hall–Kier alpha value is -4.68. The molecule has 3 saturated carbocycles. The molecule has 6 aromatic carbocycles. The first-order valence-corrected chi connectivity index (χ1v) is 21.5. The van der Waals surface area contributed by atoms with Gasteiger partial charge in [0.1, 0.15) is 0 Å². The third kappa shape index (κ3) is 4.21. The van der Waals surface area contributed by atoms with E-state index in [9.17, 15) is 0 Å². The van der Waals surface area contributed by atoms with Gasteiger partial charge in [0.2, 0.25) is 0 Å². The minimum Gasteiger partial charge on any atom is -0.0619 e. The molecule has 0 heteroatoms. The van der Waals surface area contributed by atoms with Gasteiger partial charge in [-0.2, -0.15) is 0 Å². The Morgan fingerprint density at radius 2 is 0.500 bits per heavy atom. The largest absolute Gasteiger partial charge is 0.0619 e. The van der Waals surface area contributed by atoms with Gasteiger partial charge in [0.05, 0.1) is 0 Å². The zero-order chi connectivity index (χ0) is 35.5. The summed E-state index contributed by atoms with van der Waals surface area (Å²) in [7, 11) is 0. The second-order valence-electron chi connectivity index (χ2n) is 18.1. The number of benzene rings is 6. The molecule has 54 heavy (non-hydrogen) atoms. The smallest absolute Gasteiger partial charge is 0.0215 e. The summed E-state index contributed by atoms with van der Waals surface area (Å²) in [5.74, 6) is 0.